The number of rotatable bonds is 5. The van der Waals surface area contributed by atoms with E-state index >= 15 is 0 Å². The van der Waals surface area contributed by atoms with Crippen molar-refractivity contribution in [2.45, 2.75) is 0 Å². The topological polar surface area (TPSA) is 104 Å². The van der Waals surface area contributed by atoms with Crippen LogP contribution in [0.1, 0.15) is 5.56 Å². The van der Waals surface area contributed by atoms with E-state index in [1.54, 1.807) is 38.6 Å². The average Bonchev–Trinajstić information content (AvgIpc) is 3.00. The molecule has 3 N–H and O–H groups in total. The fourth-order valence-corrected chi connectivity index (χ4v) is 2.89. The highest BCUT2D eigenvalue weighted by atomic mass is 79.9. The van der Waals surface area contributed by atoms with Gasteiger partial charge in [-0.05, 0) is 42.5 Å². The highest BCUT2D eigenvalue weighted by Gasteiger charge is 2.10. The summed E-state index contributed by atoms with van der Waals surface area (Å²) >= 11 is 8.49. The number of ether oxygens (including phenoxy) is 2. The number of thiocarbonyl (C=S) groups is 1. The third-order valence-electron chi connectivity index (χ3n) is 3.76. The van der Waals surface area contributed by atoms with Gasteiger partial charge in [-0.25, -0.2) is 0 Å². The number of aromatic amines is 1. The molecule has 3 aromatic rings. The first-order valence-electron chi connectivity index (χ1n) is 7.99. The summed E-state index contributed by atoms with van der Waals surface area (Å²) in [5, 5.41) is 22.7. The lowest BCUT2D eigenvalue weighted by Gasteiger charge is -2.06. The molecule has 0 aliphatic heterocycles. The molecule has 0 atom stereocenters. The van der Waals surface area contributed by atoms with Crippen molar-refractivity contribution in [2.75, 3.05) is 14.2 Å². The van der Waals surface area contributed by atoms with Crippen LogP contribution in [0.4, 0.5) is 5.69 Å². The van der Waals surface area contributed by atoms with E-state index < -0.39 is 0 Å². The summed E-state index contributed by atoms with van der Waals surface area (Å²) in [5.74, 6) is 1.19. The zero-order chi connectivity index (χ0) is 20.1. The number of hydrogen-bond acceptors (Lipinski definition) is 6. The summed E-state index contributed by atoms with van der Waals surface area (Å²) in [7, 11) is 3.14. The van der Waals surface area contributed by atoms with Crippen molar-refractivity contribution >= 4 is 56.1 Å². The molecule has 28 heavy (non-hydrogen) atoms. The molecule has 0 spiro atoms. The maximum Gasteiger partial charge on any atom is 0.234 e. The molecule has 0 unspecified atom stereocenters. The maximum atomic E-state index is 10.0. The van der Waals surface area contributed by atoms with Crippen molar-refractivity contribution < 1.29 is 14.6 Å². The zero-order valence-corrected chi connectivity index (χ0v) is 17.3. The number of H-pyrrole nitrogens is 1. The average molecular weight is 462 g/mol. The Hall–Kier alpha value is -2.98. The maximum absolute atomic E-state index is 10.0. The van der Waals surface area contributed by atoms with E-state index in [2.05, 4.69) is 41.7 Å². The number of hydrogen-bond donors (Lipinski definition) is 3. The number of nitrogens with zero attached hydrogens (tertiary/aromatic N) is 3. The summed E-state index contributed by atoms with van der Waals surface area (Å²) in [4.78, 5) is 2.83. The van der Waals surface area contributed by atoms with E-state index in [0.717, 1.165) is 15.6 Å². The van der Waals surface area contributed by atoms with E-state index in [9.17, 15) is 5.11 Å². The highest BCUT2D eigenvalue weighted by molar-refractivity contribution is 9.10. The van der Waals surface area contributed by atoms with Crippen LogP contribution in [0.3, 0.4) is 0 Å². The van der Waals surface area contributed by atoms with E-state index in [-0.39, 0.29) is 11.0 Å². The first kappa shape index (κ1) is 19.8. The molecule has 0 fully saturated rings. The Kier molecular flexibility index (Phi) is 6.22. The normalized spacial score (nSPS) is 11.4. The Balaban J connectivity index is 1.70. The minimum atomic E-state index is -0.0916. The van der Waals surface area contributed by atoms with Crippen molar-refractivity contribution in [1.29, 1.82) is 0 Å². The van der Waals surface area contributed by atoms with Crippen LogP contribution in [-0.4, -0.2) is 35.6 Å². The molecular weight excluding hydrogens is 446 g/mol. The molecule has 0 saturated carbocycles. The Morgan fingerprint density at radius 1 is 1.21 bits per heavy atom. The molecule has 0 aliphatic rings. The van der Waals surface area contributed by atoms with E-state index in [1.807, 2.05) is 18.2 Å². The second kappa shape index (κ2) is 8.81. The molecule has 3 rings (SSSR count). The van der Waals surface area contributed by atoms with Crippen LogP contribution in [0.2, 0.25) is 0 Å². The Bertz CT molecular complexity index is 1080. The van der Waals surface area contributed by atoms with Gasteiger partial charge in [0.15, 0.2) is 5.69 Å². The number of aromatic nitrogens is 1. The molecule has 1 aromatic heterocycles. The molecule has 0 bridgehead atoms. The Morgan fingerprint density at radius 3 is 2.79 bits per heavy atom. The lowest BCUT2D eigenvalue weighted by Crippen LogP contribution is -2.11. The summed E-state index contributed by atoms with van der Waals surface area (Å²) < 4.78 is 11.3. The third kappa shape index (κ3) is 4.46. The molecule has 0 radical (unpaired) electrons. The highest BCUT2D eigenvalue weighted by Crippen LogP contribution is 2.36. The van der Waals surface area contributed by atoms with Crippen molar-refractivity contribution in [2.24, 2.45) is 15.3 Å². The van der Waals surface area contributed by atoms with Crippen molar-refractivity contribution in [1.82, 2.24) is 10.4 Å². The summed E-state index contributed by atoms with van der Waals surface area (Å²) in [5.41, 5.74) is 4.36. The first-order valence-corrected chi connectivity index (χ1v) is 9.19. The van der Waals surface area contributed by atoms with Crippen LogP contribution >= 0.6 is 28.1 Å². The predicted octanol–water partition coefficient (Wildman–Crippen LogP) is 4.65. The second-order valence-electron chi connectivity index (χ2n) is 5.50. The largest absolute Gasteiger partial charge is 0.497 e. The number of methoxy groups -OCH3 is 2. The van der Waals surface area contributed by atoms with Crippen LogP contribution in [0.5, 0.6) is 17.4 Å². The fourth-order valence-electron chi connectivity index (χ4n) is 2.44. The van der Waals surface area contributed by atoms with Crippen LogP contribution in [-0.2, 0) is 0 Å². The predicted molar refractivity (Wildman–Crippen MR) is 115 cm³/mol. The van der Waals surface area contributed by atoms with Gasteiger partial charge in [-0.15, -0.1) is 10.2 Å². The van der Waals surface area contributed by atoms with Crippen molar-refractivity contribution in [3.05, 3.63) is 46.4 Å². The quantitative estimate of drug-likeness (QED) is 0.222. The Morgan fingerprint density at radius 2 is 2.04 bits per heavy atom. The van der Waals surface area contributed by atoms with Gasteiger partial charge in [0.1, 0.15) is 11.5 Å². The number of fused-ring (bicyclic) bond motifs is 1. The standard InChI is InChI=1S/C18H16BrN5O3S/c1-26-12-5-3-10(15(8-12)27-2)9-20-23-18(28)24-22-16-13-7-11(19)4-6-14(13)21-17(16)25/h3-9,21,25H,1-2H3,(H,23,28)/b20-9+,24-22?. The van der Waals surface area contributed by atoms with E-state index in [0.29, 0.717) is 22.6 Å². The summed E-state index contributed by atoms with van der Waals surface area (Å²) in [6, 6.07) is 10.8. The third-order valence-corrected chi connectivity index (χ3v) is 4.43. The van der Waals surface area contributed by atoms with Crippen molar-refractivity contribution in [3.8, 4) is 17.4 Å². The molecule has 0 amide bonds. The zero-order valence-electron chi connectivity index (χ0n) is 14.9. The van der Waals surface area contributed by atoms with Crippen LogP contribution in [0.15, 0.2) is 56.2 Å². The van der Waals surface area contributed by atoms with Gasteiger partial charge >= 0.3 is 0 Å². The number of benzene rings is 2. The molecule has 144 valence electrons. The van der Waals surface area contributed by atoms with Crippen LogP contribution < -0.4 is 14.9 Å². The smallest absolute Gasteiger partial charge is 0.234 e. The number of halogens is 1. The minimum Gasteiger partial charge on any atom is -0.497 e. The van der Waals surface area contributed by atoms with Gasteiger partial charge in [-0.2, -0.15) is 5.10 Å². The van der Waals surface area contributed by atoms with Gasteiger partial charge in [0.05, 0.1) is 26.0 Å². The fraction of sp³-hybridized carbons (Fsp3) is 0.111. The number of azo groups is 1. The van der Waals surface area contributed by atoms with Gasteiger partial charge in [-0.3, -0.25) is 5.43 Å². The van der Waals surface area contributed by atoms with E-state index in [1.165, 1.54) is 0 Å². The van der Waals surface area contributed by atoms with Gasteiger partial charge in [0.2, 0.25) is 11.0 Å². The van der Waals surface area contributed by atoms with Gasteiger partial charge in [-0.1, -0.05) is 15.9 Å². The molecule has 1 heterocycles. The molecule has 2 aromatic carbocycles. The summed E-state index contributed by atoms with van der Waals surface area (Å²) in [6.45, 7) is 0. The van der Waals surface area contributed by atoms with Crippen LogP contribution in [0.25, 0.3) is 10.9 Å². The molecular formula is C18H16BrN5O3S. The molecule has 10 heteroatoms. The lowest BCUT2D eigenvalue weighted by atomic mass is 10.2. The minimum absolute atomic E-state index is 0.0347. The summed E-state index contributed by atoms with van der Waals surface area (Å²) in [6.07, 6.45) is 1.54. The number of aromatic hydroxyl groups is 1. The number of nitrogens with one attached hydrogen (secondary N) is 2. The van der Waals surface area contributed by atoms with Gasteiger partial charge in [0, 0.05) is 21.5 Å². The van der Waals surface area contributed by atoms with E-state index in [4.69, 9.17) is 21.7 Å². The second-order valence-corrected chi connectivity index (χ2v) is 6.80. The number of hydrazone groups is 1. The van der Waals surface area contributed by atoms with Crippen molar-refractivity contribution in [3.63, 3.8) is 0 Å². The van der Waals surface area contributed by atoms with Gasteiger partial charge < -0.3 is 19.6 Å². The lowest BCUT2D eigenvalue weighted by molar-refractivity contribution is 0.394. The Labute approximate surface area is 174 Å². The monoisotopic (exact) mass is 461 g/mol. The molecule has 0 saturated heterocycles. The van der Waals surface area contributed by atoms with Crippen LogP contribution in [0, 0.1) is 0 Å². The molecule has 0 aliphatic carbocycles. The first-order chi connectivity index (χ1) is 13.5. The SMILES string of the molecule is COc1ccc(/C=N/NC(=S)N=Nc2c(O)[nH]c3ccc(Br)cc23)c(OC)c1. The van der Waals surface area contributed by atoms with Gasteiger partial charge in [0.25, 0.3) is 0 Å². The molecule has 8 nitrogen and oxygen atoms in total.